The summed E-state index contributed by atoms with van der Waals surface area (Å²) in [7, 11) is 0. The van der Waals surface area contributed by atoms with E-state index in [9.17, 15) is 14.0 Å². The van der Waals surface area contributed by atoms with Gasteiger partial charge in [0.25, 0.3) is 0 Å². The second-order valence-corrected chi connectivity index (χ2v) is 17.2. The molecule has 0 aliphatic carbocycles. The van der Waals surface area contributed by atoms with Crippen LogP contribution in [0.4, 0.5) is 8.78 Å². The standard InChI is InChI=1S/C48H41F2N3/c1-46(2,3)30-12-15-37-38-17-14-32-24-45(38)53(43(37)22-30)42-21-29(28-18-33(49)25-34(50)19-28)20-41(39(42)26-51)52-40-11-9-8-10-35(40)36-16-13-31(23-44(36)52)47(4,5)27-48(32,6)7/h8-25H,27H2,1-7H3. The Morgan fingerprint density at radius 3 is 1.58 bits per heavy atom. The third-order valence-corrected chi connectivity index (χ3v) is 11.6. The van der Waals surface area contributed by atoms with Crippen LogP contribution in [0.3, 0.4) is 0 Å². The zero-order chi connectivity index (χ0) is 37.2. The number of benzene rings is 6. The summed E-state index contributed by atoms with van der Waals surface area (Å²) in [6.07, 6.45) is 0.898. The van der Waals surface area contributed by atoms with Crippen molar-refractivity contribution in [2.75, 3.05) is 0 Å². The summed E-state index contributed by atoms with van der Waals surface area (Å²) >= 11 is 0. The number of aromatic nitrogens is 2. The van der Waals surface area contributed by atoms with Crippen molar-refractivity contribution in [2.24, 2.45) is 0 Å². The molecule has 6 bridgehead atoms. The normalized spacial score (nSPS) is 15.1. The number of nitriles is 1. The minimum absolute atomic E-state index is 0.129. The smallest absolute Gasteiger partial charge is 0.126 e. The largest absolute Gasteiger partial charge is 0.308 e. The van der Waals surface area contributed by atoms with Gasteiger partial charge < -0.3 is 9.13 Å². The van der Waals surface area contributed by atoms with Crippen molar-refractivity contribution in [3.63, 3.8) is 0 Å². The molecule has 6 aromatic carbocycles. The molecule has 0 N–H and O–H groups in total. The lowest BCUT2D eigenvalue weighted by Gasteiger charge is -2.36. The van der Waals surface area contributed by atoms with Gasteiger partial charge in [0.05, 0.1) is 33.4 Å². The molecule has 3 nitrogen and oxygen atoms in total. The molecule has 1 aliphatic rings. The zero-order valence-corrected chi connectivity index (χ0v) is 31.2. The molecule has 1 aliphatic heterocycles. The first kappa shape index (κ1) is 33.1. The lowest BCUT2D eigenvalue weighted by Crippen LogP contribution is -2.30. The molecule has 0 radical (unpaired) electrons. The van der Waals surface area contributed by atoms with Gasteiger partial charge in [-0.25, -0.2) is 8.78 Å². The van der Waals surface area contributed by atoms with E-state index in [0.29, 0.717) is 28.1 Å². The third kappa shape index (κ3) is 5.03. The van der Waals surface area contributed by atoms with E-state index in [4.69, 9.17) is 0 Å². The van der Waals surface area contributed by atoms with Crippen LogP contribution in [0, 0.1) is 23.0 Å². The van der Waals surface area contributed by atoms with E-state index in [1.54, 1.807) is 0 Å². The van der Waals surface area contributed by atoms with Gasteiger partial charge in [0, 0.05) is 27.6 Å². The van der Waals surface area contributed by atoms with Crippen molar-refractivity contribution in [3.8, 4) is 28.6 Å². The van der Waals surface area contributed by atoms with Crippen molar-refractivity contribution in [2.45, 2.75) is 71.1 Å². The SMILES string of the molecule is CC(C)(C)c1ccc2c3ccc4cc3n(c2c1)-c1cc(-c2cc(F)cc(F)c2)cc(c1C#N)-n1c2ccccc2c2ccc(cc21)C(C)(C)CC4(C)C. The highest BCUT2D eigenvalue weighted by Gasteiger charge is 2.34. The van der Waals surface area contributed by atoms with Gasteiger partial charge in [-0.1, -0.05) is 103 Å². The van der Waals surface area contributed by atoms with Crippen molar-refractivity contribution in [1.82, 2.24) is 9.13 Å². The Morgan fingerprint density at radius 2 is 1.04 bits per heavy atom. The molecule has 0 unspecified atom stereocenters. The first-order valence-electron chi connectivity index (χ1n) is 18.3. The molecule has 0 spiro atoms. The number of rotatable bonds is 1. The van der Waals surface area contributed by atoms with Crippen LogP contribution in [0.5, 0.6) is 0 Å². The van der Waals surface area contributed by atoms with Gasteiger partial charge in [-0.3, -0.25) is 0 Å². The number of hydrogen-bond donors (Lipinski definition) is 0. The topological polar surface area (TPSA) is 33.6 Å². The van der Waals surface area contributed by atoms with E-state index < -0.39 is 11.6 Å². The predicted octanol–water partition coefficient (Wildman–Crippen LogP) is 13.0. The number of nitrogens with zero attached hydrogens (tertiary/aromatic N) is 3. The molecule has 2 aromatic heterocycles. The quantitative estimate of drug-likeness (QED) is 0.168. The van der Waals surface area contributed by atoms with Crippen LogP contribution in [-0.4, -0.2) is 9.13 Å². The Labute approximate surface area is 308 Å². The van der Waals surface area contributed by atoms with E-state index in [1.807, 2.05) is 24.3 Å². The van der Waals surface area contributed by atoms with Crippen molar-refractivity contribution in [3.05, 3.63) is 143 Å². The Hall–Kier alpha value is -5.73. The van der Waals surface area contributed by atoms with Crippen LogP contribution in [-0.2, 0) is 16.2 Å². The summed E-state index contributed by atoms with van der Waals surface area (Å²) in [4.78, 5) is 0. The summed E-state index contributed by atoms with van der Waals surface area (Å²) in [5.74, 6) is -1.31. The number of fused-ring (bicyclic) bond motifs is 12. The van der Waals surface area contributed by atoms with E-state index in [2.05, 4.69) is 130 Å². The fourth-order valence-electron chi connectivity index (χ4n) is 9.09. The minimum atomic E-state index is -0.656. The molecule has 0 amide bonds. The molecule has 53 heavy (non-hydrogen) atoms. The molecule has 0 atom stereocenters. The van der Waals surface area contributed by atoms with Gasteiger partial charge in [-0.05, 0) is 99.0 Å². The van der Waals surface area contributed by atoms with Gasteiger partial charge in [0.15, 0.2) is 0 Å². The molecular formula is C48H41F2N3. The van der Waals surface area contributed by atoms with Crippen LogP contribution in [0.1, 0.15) is 77.1 Å². The van der Waals surface area contributed by atoms with Crippen molar-refractivity contribution >= 4 is 43.6 Å². The zero-order valence-electron chi connectivity index (χ0n) is 31.2. The highest BCUT2D eigenvalue weighted by Crippen LogP contribution is 2.46. The number of para-hydroxylation sites is 1. The summed E-state index contributed by atoms with van der Waals surface area (Å²) in [5.41, 5.74) is 9.70. The molecule has 5 heteroatoms. The maximum Gasteiger partial charge on any atom is 0.126 e. The van der Waals surface area contributed by atoms with E-state index in [1.165, 1.54) is 28.8 Å². The molecule has 3 heterocycles. The van der Waals surface area contributed by atoms with Gasteiger partial charge in [0.2, 0.25) is 0 Å². The third-order valence-electron chi connectivity index (χ3n) is 11.6. The highest BCUT2D eigenvalue weighted by molar-refractivity contribution is 6.11. The van der Waals surface area contributed by atoms with Crippen LogP contribution in [0.25, 0.3) is 66.1 Å². The molecule has 9 rings (SSSR count). The summed E-state index contributed by atoms with van der Waals surface area (Å²) in [5, 5.41) is 15.7. The van der Waals surface area contributed by atoms with Crippen molar-refractivity contribution < 1.29 is 8.78 Å². The van der Waals surface area contributed by atoms with E-state index >= 15 is 0 Å². The maximum atomic E-state index is 15.0. The molecule has 0 fully saturated rings. The highest BCUT2D eigenvalue weighted by atomic mass is 19.1. The van der Waals surface area contributed by atoms with Gasteiger partial charge >= 0.3 is 0 Å². The summed E-state index contributed by atoms with van der Waals surface area (Å²) in [6, 6.07) is 38.6. The average molecular weight is 698 g/mol. The second-order valence-electron chi connectivity index (χ2n) is 17.2. The van der Waals surface area contributed by atoms with Crippen molar-refractivity contribution in [1.29, 1.82) is 5.26 Å². The molecule has 262 valence electrons. The van der Waals surface area contributed by atoms with Crippen LogP contribution in [0.2, 0.25) is 0 Å². The van der Waals surface area contributed by atoms with Crippen LogP contribution >= 0.6 is 0 Å². The fourth-order valence-corrected chi connectivity index (χ4v) is 9.09. The second kappa shape index (κ2) is 11.1. The number of hydrogen-bond acceptors (Lipinski definition) is 1. The van der Waals surface area contributed by atoms with E-state index in [-0.39, 0.29) is 16.2 Å². The first-order valence-corrected chi connectivity index (χ1v) is 18.3. The average Bonchev–Trinajstić information content (AvgIpc) is 3.61. The lowest BCUT2D eigenvalue weighted by atomic mass is 9.68. The summed E-state index contributed by atoms with van der Waals surface area (Å²) < 4.78 is 34.3. The molecular weight excluding hydrogens is 657 g/mol. The summed E-state index contributed by atoms with van der Waals surface area (Å²) in [6.45, 7) is 15.9. The molecule has 0 saturated carbocycles. The Morgan fingerprint density at radius 1 is 0.566 bits per heavy atom. The Balaban J connectivity index is 1.55. The fraction of sp³-hybridized carbons (Fsp3) is 0.229. The molecule has 0 saturated heterocycles. The Kier molecular flexibility index (Phi) is 6.96. The lowest BCUT2D eigenvalue weighted by molar-refractivity contribution is 0.349. The van der Waals surface area contributed by atoms with E-state index in [0.717, 1.165) is 56.1 Å². The monoisotopic (exact) mass is 697 g/mol. The number of halogens is 2. The minimum Gasteiger partial charge on any atom is -0.308 e. The van der Waals surface area contributed by atoms with Gasteiger partial charge in [-0.2, -0.15) is 5.26 Å². The van der Waals surface area contributed by atoms with Gasteiger partial charge in [0.1, 0.15) is 23.3 Å². The first-order chi connectivity index (χ1) is 25.1. The van der Waals surface area contributed by atoms with Crippen LogP contribution in [0.15, 0.2) is 109 Å². The van der Waals surface area contributed by atoms with Crippen LogP contribution < -0.4 is 0 Å². The maximum absolute atomic E-state index is 15.0. The predicted molar refractivity (Wildman–Crippen MR) is 215 cm³/mol. The Bertz CT molecular complexity index is 2870. The van der Waals surface area contributed by atoms with Gasteiger partial charge in [-0.15, -0.1) is 0 Å². The molecule has 8 aromatic rings.